The van der Waals surface area contributed by atoms with Gasteiger partial charge in [0.25, 0.3) is 5.91 Å². The van der Waals surface area contributed by atoms with Crippen LogP contribution in [0, 0.1) is 0 Å². The summed E-state index contributed by atoms with van der Waals surface area (Å²) in [5.41, 5.74) is 0.737. The van der Waals surface area contributed by atoms with E-state index in [-0.39, 0.29) is 12.5 Å². The van der Waals surface area contributed by atoms with Crippen LogP contribution in [0.4, 0.5) is 10.5 Å². The number of anilines is 1. The lowest BCUT2D eigenvalue weighted by Crippen LogP contribution is -2.24. The Morgan fingerprint density at radius 3 is 2.70 bits per heavy atom. The minimum Gasteiger partial charge on any atom is -0.467 e. The van der Waals surface area contributed by atoms with Crippen LogP contribution in [-0.4, -0.2) is 19.1 Å². The average molecular weight is 274 g/mol. The van der Waals surface area contributed by atoms with Crippen LogP contribution in [0.15, 0.2) is 47.1 Å². The average Bonchev–Trinajstić information content (AvgIpc) is 2.98. The van der Waals surface area contributed by atoms with Gasteiger partial charge in [-0.05, 0) is 24.3 Å². The van der Waals surface area contributed by atoms with Crippen LogP contribution in [0.2, 0.25) is 0 Å². The topological polar surface area (TPSA) is 80.6 Å². The number of para-hydroxylation sites is 1. The van der Waals surface area contributed by atoms with Crippen LogP contribution in [0.25, 0.3) is 0 Å². The van der Waals surface area contributed by atoms with Crippen molar-refractivity contribution in [3.63, 3.8) is 0 Å². The molecule has 2 N–H and O–H groups in total. The highest BCUT2D eigenvalue weighted by Gasteiger charge is 2.13. The quantitative estimate of drug-likeness (QED) is 0.897. The Labute approximate surface area is 115 Å². The van der Waals surface area contributed by atoms with Crippen LogP contribution in [0.1, 0.15) is 16.1 Å². The van der Waals surface area contributed by atoms with Crippen LogP contribution < -0.4 is 10.6 Å². The molecule has 0 unspecified atom stereocenters. The maximum Gasteiger partial charge on any atom is 0.411 e. The predicted octanol–water partition coefficient (Wildman–Crippen LogP) is 2.39. The van der Waals surface area contributed by atoms with Gasteiger partial charge in [0.2, 0.25) is 0 Å². The first-order chi connectivity index (χ1) is 9.70. The molecule has 0 fully saturated rings. The van der Waals surface area contributed by atoms with Gasteiger partial charge in [-0.3, -0.25) is 10.1 Å². The van der Waals surface area contributed by atoms with E-state index in [2.05, 4.69) is 15.4 Å². The van der Waals surface area contributed by atoms with Gasteiger partial charge in [-0.15, -0.1) is 0 Å². The first-order valence-electron chi connectivity index (χ1n) is 5.95. The fourth-order valence-corrected chi connectivity index (χ4v) is 1.63. The number of hydrogen-bond donors (Lipinski definition) is 2. The zero-order valence-electron chi connectivity index (χ0n) is 10.9. The SMILES string of the molecule is COC(=O)Nc1ccccc1C(=O)NCc1ccco1. The Balaban J connectivity index is 2.07. The molecule has 0 aliphatic rings. The second-order valence-electron chi connectivity index (χ2n) is 3.92. The Morgan fingerprint density at radius 1 is 1.20 bits per heavy atom. The summed E-state index contributed by atoms with van der Waals surface area (Å²) in [6.45, 7) is 0.276. The van der Waals surface area contributed by atoms with Gasteiger partial charge in [-0.1, -0.05) is 12.1 Å². The van der Waals surface area contributed by atoms with Crippen molar-refractivity contribution in [1.29, 1.82) is 0 Å². The monoisotopic (exact) mass is 274 g/mol. The number of carbonyl (C=O) groups is 2. The molecule has 0 aliphatic carbocycles. The third-order valence-corrected chi connectivity index (χ3v) is 2.60. The smallest absolute Gasteiger partial charge is 0.411 e. The summed E-state index contributed by atoms with van der Waals surface area (Å²) < 4.78 is 9.64. The summed E-state index contributed by atoms with van der Waals surface area (Å²) >= 11 is 0. The molecule has 1 aromatic heterocycles. The van der Waals surface area contributed by atoms with Crippen LogP contribution in [0.5, 0.6) is 0 Å². The van der Waals surface area contributed by atoms with E-state index >= 15 is 0 Å². The molecule has 104 valence electrons. The number of methoxy groups -OCH3 is 1. The second-order valence-corrected chi connectivity index (χ2v) is 3.92. The maximum atomic E-state index is 12.1. The Kier molecular flexibility index (Phi) is 4.39. The highest BCUT2D eigenvalue weighted by molar-refractivity contribution is 6.02. The lowest BCUT2D eigenvalue weighted by molar-refractivity contribution is 0.0949. The normalized spacial score (nSPS) is 9.85. The second kappa shape index (κ2) is 6.42. The molecule has 6 heteroatoms. The van der Waals surface area contributed by atoms with Gasteiger partial charge in [-0.25, -0.2) is 4.79 Å². The van der Waals surface area contributed by atoms with Crippen molar-refractivity contribution < 1.29 is 18.7 Å². The van der Waals surface area contributed by atoms with E-state index < -0.39 is 6.09 Å². The number of nitrogens with one attached hydrogen (secondary N) is 2. The van der Waals surface area contributed by atoms with E-state index in [0.717, 1.165) is 0 Å². The van der Waals surface area contributed by atoms with Crippen LogP contribution in [-0.2, 0) is 11.3 Å². The highest BCUT2D eigenvalue weighted by Crippen LogP contribution is 2.15. The predicted molar refractivity (Wildman–Crippen MR) is 72.3 cm³/mol. The molecule has 0 bridgehead atoms. The molecule has 20 heavy (non-hydrogen) atoms. The van der Waals surface area contributed by atoms with Gasteiger partial charge < -0.3 is 14.5 Å². The zero-order valence-corrected chi connectivity index (χ0v) is 10.9. The third kappa shape index (κ3) is 3.38. The van der Waals surface area contributed by atoms with Crippen molar-refractivity contribution >= 4 is 17.7 Å². The molecular formula is C14H14N2O4. The molecule has 0 radical (unpaired) electrons. The van der Waals surface area contributed by atoms with Crippen molar-refractivity contribution in [1.82, 2.24) is 5.32 Å². The Hall–Kier alpha value is -2.76. The molecule has 2 aromatic rings. The minimum absolute atomic E-state index is 0.276. The van der Waals surface area contributed by atoms with Crippen molar-refractivity contribution in [2.75, 3.05) is 12.4 Å². The summed E-state index contributed by atoms with van der Waals surface area (Å²) in [7, 11) is 1.26. The molecule has 0 saturated heterocycles. The van der Waals surface area contributed by atoms with Crippen LogP contribution >= 0.6 is 0 Å². The molecule has 0 aliphatic heterocycles. The summed E-state index contributed by atoms with van der Waals surface area (Å²) in [4.78, 5) is 23.3. The summed E-state index contributed by atoms with van der Waals surface area (Å²) in [5.74, 6) is 0.338. The molecule has 6 nitrogen and oxygen atoms in total. The van der Waals surface area contributed by atoms with Gasteiger partial charge >= 0.3 is 6.09 Å². The van der Waals surface area contributed by atoms with Crippen LogP contribution in [0.3, 0.4) is 0 Å². The van der Waals surface area contributed by atoms with E-state index in [1.165, 1.54) is 13.4 Å². The highest BCUT2D eigenvalue weighted by atomic mass is 16.5. The standard InChI is InChI=1S/C14H14N2O4/c1-19-14(18)16-12-7-3-2-6-11(12)13(17)15-9-10-5-4-8-20-10/h2-8H,9H2,1H3,(H,15,17)(H,16,18). The van der Waals surface area contributed by atoms with E-state index in [0.29, 0.717) is 17.0 Å². The number of amides is 2. The van der Waals surface area contributed by atoms with Crippen molar-refractivity contribution in [2.45, 2.75) is 6.54 Å². The van der Waals surface area contributed by atoms with E-state index in [4.69, 9.17) is 4.42 Å². The maximum absolute atomic E-state index is 12.1. The number of benzene rings is 1. The summed E-state index contributed by atoms with van der Waals surface area (Å²) in [6, 6.07) is 10.2. The molecule has 0 spiro atoms. The third-order valence-electron chi connectivity index (χ3n) is 2.60. The number of furan rings is 1. The van der Waals surface area contributed by atoms with Gasteiger partial charge in [0.1, 0.15) is 5.76 Å². The van der Waals surface area contributed by atoms with Crippen molar-refractivity contribution in [3.05, 3.63) is 54.0 Å². The number of rotatable bonds is 4. The molecule has 2 amide bonds. The van der Waals surface area contributed by atoms with Crippen molar-refractivity contribution in [2.24, 2.45) is 0 Å². The van der Waals surface area contributed by atoms with E-state index in [1.54, 1.807) is 36.4 Å². The lowest BCUT2D eigenvalue weighted by Gasteiger charge is -2.10. The first kappa shape index (κ1) is 13.7. The van der Waals surface area contributed by atoms with Gasteiger partial charge in [0, 0.05) is 0 Å². The van der Waals surface area contributed by atoms with Gasteiger partial charge in [0.15, 0.2) is 0 Å². The Bertz CT molecular complexity index is 593. The fourth-order valence-electron chi connectivity index (χ4n) is 1.63. The first-order valence-corrected chi connectivity index (χ1v) is 5.95. The van der Waals surface area contributed by atoms with E-state index in [9.17, 15) is 9.59 Å². The zero-order chi connectivity index (χ0) is 14.4. The summed E-state index contributed by atoms with van der Waals surface area (Å²) in [6.07, 6.45) is 0.908. The van der Waals surface area contributed by atoms with Gasteiger partial charge in [-0.2, -0.15) is 0 Å². The number of hydrogen-bond acceptors (Lipinski definition) is 4. The lowest BCUT2D eigenvalue weighted by atomic mass is 10.1. The molecule has 2 rings (SSSR count). The fraction of sp³-hybridized carbons (Fsp3) is 0.143. The minimum atomic E-state index is -0.628. The molecule has 1 aromatic carbocycles. The summed E-state index contributed by atoms with van der Waals surface area (Å²) in [5, 5.41) is 5.20. The van der Waals surface area contributed by atoms with E-state index in [1.807, 2.05) is 0 Å². The number of carbonyl (C=O) groups excluding carboxylic acids is 2. The largest absolute Gasteiger partial charge is 0.467 e. The van der Waals surface area contributed by atoms with Gasteiger partial charge in [0.05, 0.1) is 31.2 Å². The van der Waals surface area contributed by atoms with Crippen molar-refractivity contribution in [3.8, 4) is 0 Å². The molecule has 1 heterocycles. The Morgan fingerprint density at radius 2 is 2.00 bits per heavy atom. The number of ether oxygens (including phenoxy) is 1. The molecule has 0 saturated carbocycles. The molecule has 0 atom stereocenters. The molecular weight excluding hydrogens is 260 g/mol.